The molecule has 58 heavy (non-hydrogen) atoms. The Morgan fingerprint density at radius 1 is 0.741 bits per heavy atom. The summed E-state index contributed by atoms with van der Waals surface area (Å²) in [6, 6.07) is 0. The SMILES string of the molecule is CCCCCCCC/C=C\C/C=C\C/C=C\CCCC(=O)O[C@H](COC(=O)CCC/C=C/C[C@@H]1[C@@H](/C=C/[C@@H](O)CCCCC)[C@H](O)C[C@@H]1O)COP(=O)(O)OCCN. The molecule has 0 aliphatic heterocycles. The zero-order valence-corrected chi connectivity index (χ0v) is 36.5. The highest BCUT2D eigenvalue weighted by atomic mass is 31.2. The minimum absolute atomic E-state index is 0.00828. The van der Waals surface area contributed by atoms with Crippen molar-refractivity contribution in [2.75, 3.05) is 26.4 Å². The molecule has 7 atom stereocenters. The second-order valence-corrected chi connectivity index (χ2v) is 16.6. The summed E-state index contributed by atoms with van der Waals surface area (Å²) in [4.78, 5) is 35.0. The van der Waals surface area contributed by atoms with Crippen LogP contribution in [0.5, 0.6) is 0 Å². The summed E-state index contributed by atoms with van der Waals surface area (Å²) >= 11 is 0. The molecule has 1 aliphatic rings. The van der Waals surface area contributed by atoms with Crippen LogP contribution in [-0.2, 0) is 32.7 Å². The molecule has 334 valence electrons. The molecule has 12 nitrogen and oxygen atoms in total. The van der Waals surface area contributed by atoms with Gasteiger partial charge in [0.05, 0.1) is 31.5 Å². The second kappa shape index (κ2) is 35.4. The average Bonchev–Trinajstić information content (AvgIpc) is 3.47. The van der Waals surface area contributed by atoms with Gasteiger partial charge in [-0.1, -0.05) is 126 Å². The van der Waals surface area contributed by atoms with Gasteiger partial charge in [0.2, 0.25) is 0 Å². The summed E-state index contributed by atoms with van der Waals surface area (Å²) in [5, 5.41) is 31.3. The highest BCUT2D eigenvalue weighted by Crippen LogP contribution is 2.43. The number of unbranched alkanes of at least 4 members (excludes halogenated alkanes) is 10. The molecule has 1 unspecified atom stereocenters. The van der Waals surface area contributed by atoms with Gasteiger partial charge in [0.15, 0.2) is 6.10 Å². The molecule has 1 rings (SSSR count). The van der Waals surface area contributed by atoms with Gasteiger partial charge >= 0.3 is 19.8 Å². The van der Waals surface area contributed by atoms with E-state index in [0.29, 0.717) is 38.5 Å². The number of phosphoric acid groups is 1. The number of aliphatic hydroxyl groups excluding tert-OH is 3. The second-order valence-electron chi connectivity index (χ2n) is 15.2. The number of phosphoric ester groups is 1. The fraction of sp³-hybridized carbons (Fsp3) is 0.733. The zero-order valence-electron chi connectivity index (χ0n) is 35.6. The smallest absolute Gasteiger partial charge is 0.462 e. The van der Waals surface area contributed by atoms with Crippen LogP contribution < -0.4 is 5.73 Å². The van der Waals surface area contributed by atoms with Gasteiger partial charge in [-0.25, -0.2) is 4.57 Å². The normalized spacial score (nSPS) is 20.9. The topological polar surface area (TPSA) is 195 Å². The minimum atomic E-state index is -4.45. The van der Waals surface area contributed by atoms with Gasteiger partial charge in [0.1, 0.15) is 6.61 Å². The van der Waals surface area contributed by atoms with Crippen molar-refractivity contribution in [1.82, 2.24) is 0 Å². The Balaban J connectivity index is 2.45. The molecule has 0 saturated heterocycles. The quantitative estimate of drug-likeness (QED) is 0.0174. The molecule has 0 radical (unpaired) electrons. The number of aliphatic hydroxyl groups is 3. The van der Waals surface area contributed by atoms with Gasteiger partial charge in [-0.15, -0.1) is 0 Å². The predicted molar refractivity (Wildman–Crippen MR) is 231 cm³/mol. The molecule has 1 aliphatic carbocycles. The van der Waals surface area contributed by atoms with Crippen LogP contribution in [0.2, 0.25) is 0 Å². The summed E-state index contributed by atoms with van der Waals surface area (Å²) in [6.45, 7) is 3.27. The van der Waals surface area contributed by atoms with Crippen molar-refractivity contribution >= 4 is 19.8 Å². The van der Waals surface area contributed by atoms with Crippen molar-refractivity contribution in [2.45, 2.75) is 173 Å². The molecular formula is C45H78NO11P. The Morgan fingerprint density at radius 3 is 2.00 bits per heavy atom. The Kier molecular flexibility index (Phi) is 32.7. The number of esters is 2. The third kappa shape index (κ3) is 28.9. The standard InChI is InChI=1S/C45H78NO11P/c1-3-5-7-8-9-10-11-12-13-14-15-16-17-18-19-20-26-30-45(51)57-39(37-56-58(52,53)55-34-33-46)36-54-44(50)29-25-22-21-24-28-40-41(43(49)35-42(40)48)32-31-38(47)27-23-6-4-2/h12-13,15-16,18-19,21,24,31-32,38-43,47-49H,3-11,14,17,20,22-23,25-30,33-37,46H2,1-2H3,(H,52,53)/b13-12-,16-15-,19-18-,24-21+,32-31+/t38-,39+,40+,41+,42-,43+/m0/s1. The molecule has 0 spiro atoms. The number of nitrogens with two attached hydrogens (primary N) is 1. The van der Waals surface area contributed by atoms with E-state index in [1.807, 2.05) is 24.3 Å². The molecule has 0 aromatic rings. The number of carbonyl (C=O) groups excluding carboxylic acids is 2. The molecule has 1 saturated carbocycles. The molecular weight excluding hydrogens is 761 g/mol. The van der Waals surface area contributed by atoms with E-state index in [-0.39, 0.29) is 50.9 Å². The first-order valence-corrected chi connectivity index (χ1v) is 23.5. The lowest BCUT2D eigenvalue weighted by Gasteiger charge is -2.20. The summed E-state index contributed by atoms with van der Waals surface area (Å²) in [7, 11) is -4.45. The Bertz CT molecular complexity index is 1250. The Labute approximate surface area is 349 Å². The van der Waals surface area contributed by atoms with Gasteiger partial charge in [-0.2, -0.15) is 0 Å². The van der Waals surface area contributed by atoms with E-state index in [1.165, 1.54) is 38.5 Å². The predicted octanol–water partition coefficient (Wildman–Crippen LogP) is 8.88. The van der Waals surface area contributed by atoms with E-state index in [9.17, 15) is 34.4 Å². The van der Waals surface area contributed by atoms with Crippen LogP contribution in [0.4, 0.5) is 0 Å². The van der Waals surface area contributed by atoms with Crippen molar-refractivity contribution < 1.29 is 52.9 Å². The number of ether oxygens (including phenoxy) is 2. The molecule has 0 amide bonds. The third-order valence-electron chi connectivity index (χ3n) is 9.95. The van der Waals surface area contributed by atoms with E-state index in [0.717, 1.165) is 38.5 Å². The van der Waals surface area contributed by atoms with E-state index in [4.69, 9.17) is 24.3 Å². The van der Waals surface area contributed by atoms with E-state index in [2.05, 4.69) is 44.2 Å². The molecule has 1 fully saturated rings. The zero-order chi connectivity index (χ0) is 42.7. The third-order valence-corrected chi connectivity index (χ3v) is 10.9. The van der Waals surface area contributed by atoms with Gasteiger partial charge in [0, 0.05) is 31.7 Å². The first-order valence-electron chi connectivity index (χ1n) is 22.0. The highest BCUT2D eigenvalue weighted by Gasteiger charge is 2.39. The van der Waals surface area contributed by atoms with Crippen molar-refractivity contribution in [3.63, 3.8) is 0 Å². The minimum Gasteiger partial charge on any atom is -0.462 e. The van der Waals surface area contributed by atoms with Crippen molar-refractivity contribution in [1.29, 1.82) is 0 Å². The molecule has 13 heteroatoms. The number of hydrogen-bond donors (Lipinski definition) is 5. The lowest BCUT2D eigenvalue weighted by molar-refractivity contribution is -0.161. The fourth-order valence-corrected chi connectivity index (χ4v) is 7.35. The monoisotopic (exact) mass is 840 g/mol. The Morgan fingerprint density at radius 2 is 1.33 bits per heavy atom. The highest BCUT2D eigenvalue weighted by molar-refractivity contribution is 7.47. The lowest BCUT2D eigenvalue weighted by Crippen LogP contribution is -2.29. The first kappa shape index (κ1) is 53.6. The van der Waals surface area contributed by atoms with E-state index < -0.39 is 50.8 Å². The number of rotatable bonds is 36. The summed E-state index contributed by atoms with van der Waals surface area (Å²) in [6.07, 6.45) is 35.0. The largest absolute Gasteiger partial charge is 0.472 e. The van der Waals surface area contributed by atoms with Crippen molar-refractivity contribution in [2.24, 2.45) is 17.6 Å². The first-order chi connectivity index (χ1) is 28.0. The average molecular weight is 840 g/mol. The molecule has 6 N–H and O–H groups in total. The summed E-state index contributed by atoms with van der Waals surface area (Å²) < 4.78 is 32.7. The summed E-state index contributed by atoms with van der Waals surface area (Å²) in [5.41, 5.74) is 5.34. The number of hydrogen-bond acceptors (Lipinski definition) is 11. The Hall–Kier alpha value is -2.41. The van der Waals surface area contributed by atoms with Crippen LogP contribution in [0.15, 0.2) is 60.8 Å². The van der Waals surface area contributed by atoms with E-state index in [1.54, 1.807) is 6.08 Å². The maximum atomic E-state index is 12.6. The molecule has 0 heterocycles. The molecule has 0 aromatic carbocycles. The van der Waals surface area contributed by atoms with Gasteiger partial charge in [0.25, 0.3) is 0 Å². The van der Waals surface area contributed by atoms with Crippen LogP contribution >= 0.6 is 7.82 Å². The van der Waals surface area contributed by atoms with Crippen molar-refractivity contribution in [3.05, 3.63) is 60.8 Å². The fourth-order valence-electron chi connectivity index (χ4n) is 6.58. The maximum Gasteiger partial charge on any atom is 0.472 e. The molecule has 0 bridgehead atoms. The summed E-state index contributed by atoms with van der Waals surface area (Å²) in [5.74, 6) is -1.50. The van der Waals surface area contributed by atoms with Gasteiger partial charge < -0.3 is 35.4 Å². The number of carbonyl (C=O) groups is 2. The molecule has 0 aromatic heterocycles. The maximum absolute atomic E-state index is 12.6. The van der Waals surface area contributed by atoms with Gasteiger partial charge in [-0.3, -0.25) is 18.6 Å². The lowest BCUT2D eigenvalue weighted by atomic mass is 9.89. The van der Waals surface area contributed by atoms with E-state index >= 15 is 0 Å². The van der Waals surface area contributed by atoms with Gasteiger partial charge in [-0.05, 0) is 70.1 Å². The van der Waals surface area contributed by atoms with Crippen LogP contribution in [0.3, 0.4) is 0 Å². The van der Waals surface area contributed by atoms with Crippen LogP contribution in [0, 0.1) is 11.8 Å². The van der Waals surface area contributed by atoms with Crippen LogP contribution in [0.1, 0.15) is 149 Å². The van der Waals surface area contributed by atoms with Crippen LogP contribution in [0.25, 0.3) is 0 Å². The van der Waals surface area contributed by atoms with Crippen LogP contribution in [-0.4, -0.2) is 82.9 Å². The van der Waals surface area contributed by atoms with Crippen molar-refractivity contribution in [3.8, 4) is 0 Å². The number of allylic oxidation sites excluding steroid dienone is 8.